The van der Waals surface area contributed by atoms with Gasteiger partial charge in [0.1, 0.15) is 13.2 Å². The lowest BCUT2D eigenvalue weighted by molar-refractivity contribution is -0.144. The van der Waals surface area contributed by atoms with Gasteiger partial charge in [0.05, 0.1) is 25.5 Å². The minimum Gasteiger partial charge on any atom is -0.481 e. The van der Waals surface area contributed by atoms with E-state index >= 15 is 0 Å². The van der Waals surface area contributed by atoms with Gasteiger partial charge in [-0.25, -0.2) is 23.4 Å². The molecule has 0 saturated carbocycles. The van der Waals surface area contributed by atoms with E-state index in [0.29, 0.717) is 11.4 Å². The Hall–Kier alpha value is -4.28. The number of carbonyl (C=O) groups is 1. The van der Waals surface area contributed by atoms with Gasteiger partial charge >= 0.3 is 11.7 Å². The zero-order valence-electron chi connectivity index (χ0n) is 18.2. The highest BCUT2D eigenvalue weighted by atomic mass is 19.2. The largest absolute Gasteiger partial charge is 0.481 e. The molecule has 0 unspecified atom stereocenters. The number of carbonyl (C=O) groups excluding carboxylic acids is 1. The van der Waals surface area contributed by atoms with Crippen LogP contribution in [0.1, 0.15) is 22.4 Å². The maximum atomic E-state index is 13.6. The molecule has 4 rings (SSSR count). The number of hydrogen-bond donors (Lipinski definition) is 0. The number of aromatic nitrogens is 3. The van der Waals surface area contributed by atoms with Gasteiger partial charge < -0.3 is 14.2 Å². The van der Waals surface area contributed by atoms with Crippen molar-refractivity contribution in [2.24, 2.45) is 0 Å². The Bertz CT molecular complexity index is 1430. The molecule has 2 aromatic heterocycles. The van der Waals surface area contributed by atoms with E-state index in [0.717, 1.165) is 27.5 Å². The smallest absolute Gasteiger partial charge is 0.375 e. The zero-order valence-corrected chi connectivity index (χ0v) is 18.2. The van der Waals surface area contributed by atoms with Gasteiger partial charge in [0.2, 0.25) is 11.6 Å². The van der Waals surface area contributed by atoms with Crippen molar-refractivity contribution in [2.45, 2.75) is 26.7 Å². The molecule has 0 atom stereocenters. The third-order valence-corrected chi connectivity index (χ3v) is 5.24. The fourth-order valence-corrected chi connectivity index (χ4v) is 3.39. The molecule has 0 bridgehead atoms. The monoisotopic (exact) mass is 471 g/mol. The molecule has 1 aliphatic heterocycles. The predicted octanol–water partition coefficient (Wildman–Crippen LogP) is 2.12. The summed E-state index contributed by atoms with van der Waals surface area (Å²) in [5.41, 5.74) is -0.0213. The van der Waals surface area contributed by atoms with E-state index in [1.165, 1.54) is 26.3 Å². The molecule has 176 valence electrons. The number of halogens is 2. The van der Waals surface area contributed by atoms with E-state index < -0.39 is 28.9 Å². The van der Waals surface area contributed by atoms with E-state index in [1.54, 1.807) is 12.1 Å². The van der Waals surface area contributed by atoms with E-state index in [-0.39, 0.29) is 42.3 Å². The molecule has 9 nitrogen and oxygen atoms in total. The highest BCUT2D eigenvalue weighted by Crippen LogP contribution is 2.18. The van der Waals surface area contributed by atoms with Gasteiger partial charge in [0.15, 0.2) is 11.6 Å². The third-order valence-electron chi connectivity index (χ3n) is 5.24. The lowest BCUT2D eigenvalue weighted by Crippen LogP contribution is -2.43. The summed E-state index contributed by atoms with van der Waals surface area (Å²) in [4.78, 5) is 42.3. The lowest BCUT2D eigenvalue weighted by atomic mass is 10.2. The van der Waals surface area contributed by atoms with Crippen molar-refractivity contribution >= 4 is 12.2 Å². The SMILES string of the molecule is COc1cc(COC(=O)C2=Cn3c(c(C)c(=O)n(Cc4ccc(F)c(F)c4)c3=O)CO2)ccn1. The van der Waals surface area contributed by atoms with E-state index in [1.807, 2.05) is 0 Å². The van der Waals surface area contributed by atoms with Crippen LogP contribution in [0, 0.1) is 18.6 Å². The average molecular weight is 471 g/mol. The van der Waals surface area contributed by atoms with Gasteiger partial charge in [-0.2, -0.15) is 0 Å². The Morgan fingerprint density at radius 2 is 1.94 bits per heavy atom. The second-order valence-corrected chi connectivity index (χ2v) is 7.43. The molecule has 1 aromatic carbocycles. The molecule has 0 N–H and O–H groups in total. The molecule has 11 heteroatoms. The Labute approximate surface area is 191 Å². The number of benzene rings is 1. The molecule has 0 fully saturated rings. The molecule has 34 heavy (non-hydrogen) atoms. The van der Waals surface area contributed by atoms with Crippen LogP contribution in [0.5, 0.6) is 5.88 Å². The van der Waals surface area contributed by atoms with Crippen LogP contribution < -0.4 is 16.0 Å². The van der Waals surface area contributed by atoms with Crippen LogP contribution >= 0.6 is 0 Å². The van der Waals surface area contributed by atoms with Crippen molar-refractivity contribution in [2.75, 3.05) is 7.11 Å². The highest BCUT2D eigenvalue weighted by Gasteiger charge is 2.24. The van der Waals surface area contributed by atoms with Crippen LogP contribution in [-0.2, 0) is 34.0 Å². The second-order valence-electron chi connectivity index (χ2n) is 7.43. The number of pyridine rings is 1. The van der Waals surface area contributed by atoms with E-state index in [2.05, 4.69) is 4.98 Å². The van der Waals surface area contributed by atoms with Gasteiger partial charge in [0, 0.05) is 17.8 Å². The number of esters is 1. The molecule has 3 heterocycles. The number of methoxy groups -OCH3 is 1. The van der Waals surface area contributed by atoms with Crippen molar-refractivity contribution in [1.29, 1.82) is 0 Å². The molecule has 0 radical (unpaired) electrons. The number of hydrogen-bond acceptors (Lipinski definition) is 7. The van der Waals surface area contributed by atoms with Crippen LogP contribution in [0.2, 0.25) is 0 Å². The summed E-state index contributed by atoms with van der Waals surface area (Å²) in [5.74, 6) is -2.82. The summed E-state index contributed by atoms with van der Waals surface area (Å²) < 4.78 is 44.5. The zero-order chi connectivity index (χ0) is 24.4. The summed E-state index contributed by atoms with van der Waals surface area (Å²) >= 11 is 0. The number of nitrogens with zero attached hydrogens (tertiary/aromatic N) is 3. The predicted molar refractivity (Wildman–Crippen MR) is 115 cm³/mol. The molecule has 3 aromatic rings. The summed E-state index contributed by atoms with van der Waals surface area (Å²) in [6.45, 7) is 0.933. The van der Waals surface area contributed by atoms with Crippen molar-refractivity contribution in [3.05, 3.63) is 97.1 Å². The van der Waals surface area contributed by atoms with Crippen molar-refractivity contribution < 1.29 is 27.8 Å². The van der Waals surface area contributed by atoms with Crippen molar-refractivity contribution in [3.63, 3.8) is 0 Å². The van der Waals surface area contributed by atoms with E-state index in [9.17, 15) is 23.2 Å². The Morgan fingerprint density at radius 1 is 1.15 bits per heavy atom. The molecular weight excluding hydrogens is 452 g/mol. The number of ether oxygens (including phenoxy) is 3. The van der Waals surface area contributed by atoms with Gasteiger partial charge in [-0.3, -0.25) is 13.9 Å². The van der Waals surface area contributed by atoms with Crippen LogP contribution in [0.15, 0.2) is 51.9 Å². The highest BCUT2D eigenvalue weighted by molar-refractivity contribution is 5.89. The first-order valence-corrected chi connectivity index (χ1v) is 10.1. The minimum atomic E-state index is -1.09. The standard InChI is InChI=1S/C23H19F2N3O6/c1-13-18-12-33-19(22(30)34-11-15-5-6-26-20(8-15)32-2)10-27(18)23(31)28(21(13)29)9-14-3-4-16(24)17(25)7-14/h3-8,10H,9,11-12H2,1-2H3. The maximum Gasteiger partial charge on any atom is 0.375 e. The van der Waals surface area contributed by atoms with E-state index in [4.69, 9.17) is 14.2 Å². The fourth-order valence-electron chi connectivity index (χ4n) is 3.39. The molecule has 0 amide bonds. The molecule has 0 spiro atoms. The number of rotatable bonds is 6. The summed E-state index contributed by atoms with van der Waals surface area (Å²) in [6.07, 6.45) is 2.65. The first-order valence-electron chi connectivity index (χ1n) is 10.1. The van der Waals surface area contributed by atoms with Gasteiger partial charge in [-0.1, -0.05) is 6.07 Å². The maximum absolute atomic E-state index is 13.6. The van der Waals surface area contributed by atoms with Gasteiger partial charge in [0.25, 0.3) is 5.56 Å². The summed E-state index contributed by atoms with van der Waals surface area (Å²) in [5, 5.41) is 0. The molecule has 1 aliphatic rings. The van der Waals surface area contributed by atoms with Gasteiger partial charge in [-0.05, 0) is 36.2 Å². The minimum absolute atomic E-state index is 0.0885. The second kappa shape index (κ2) is 9.30. The van der Waals surface area contributed by atoms with Crippen LogP contribution in [0.3, 0.4) is 0 Å². The third kappa shape index (κ3) is 4.45. The molecule has 0 saturated heterocycles. The van der Waals surface area contributed by atoms with Crippen LogP contribution in [0.4, 0.5) is 8.78 Å². The lowest BCUT2D eigenvalue weighted by Gasteiger charge is -2.21. The number of fused-ring (bicyclic) bond motifs is 1. The Morgan fingerprint density at radius 3 is 2.68 bits per heavy atom. The Kier molecular flexibility index (Phi) is 6.26. The average Bonchev–Trinajstić information content (AvgIpc) is 2.85. The molecule has 0 aliphatic carbocycles. The topological polar surface area (TPSA) is 102 Å². The summed E-state index contributed by atoms with van der Waals surface area (Å²) in [6, 6.07) is 6.35. The van der Waals surface area contributed by atoms with Crippen molar-refractivity contribution in [3.8, 4) is 5.88 Å². The van der Waals surface area contributed by atoms with Crippen LogP contribution in [-0.4, -0.2) is 27.2 Å². The van der Waals surface area contributed by atoms with Crippen LogP contribution in [0.25, 0.3) is 6.20 Å². The van der Waals surface area contributed by atoms with Gasteiger partial charge in [-0.15, -0.1) is 0 Å². The van der Waals surface area contributed by atoms with Crippen molar-refractivity contribution in [1.82, 2.24) is 14.1 Å². The first-order chi connectivity index (χ1) is 16.3. The quantitative estimate of drug-likeness (QED) is 0.508. The Balaban J connectivity index is 1.62. The fraction of sp³-hybridized carbons (Fsp3) is 0.217. The molecular formula is C23H19F2N3O6. The first kappa shape index (κ1) is 22.9. The normalized spacial score (nSPS) is 12.4. The summed E-state index contributed by atoms with van der Waals surface area (Å²) in [7, 11) is 1.46.